The van der Waals surface area contributed by atoms with E-state index in [9.17, 15) is 0 Å². The van der Waals surface area contributed by atoms with E-state index >= 15 is 0 Å². The molecule has 0 amide bonds. The van der Waals surface area contributed by atoms with Gasteiger partial charge in [-0.2, -0.15) is 12.1 Å². The number of halogens is 2. The van der Waals surface area contributed by atoms with E-state index in [-0.39, 0.29) is 0 Å². The number of aryl methyl sites for hydroxylation is 2. The summed E-state index contributed by atoms with van der Waals surface area (Å²) in [7, 11) is 11.0. The van der Waals surface area contributed by atoms with Gasteiger partial charge in [-0.3, -0.25) is 0 Å². The van der Waals surface area contributed by atoms with E-state index in [0.717, 1.165) is 35.2 Å². The molecule has 0 aliphatic rings. The normalized spacial score (nSPS) is 10.9. The van der Waals surface area contributed by atoms with E-state index in [4.69, 9.17) is 17.0 Å². The number of fused-ring (bicyclic) bond motifs is 6. The molecule has 0 fully saturated rings. The van der Waals surface area contributed by atoms with Crippen molar-refractivity contribution in [2.24, 2.45) is 0 Å². The van der Waals surface area contributed by atoms with Gasteiger partial charge in [-0.05, 0) is 67.1 Å². The van der Waals surface area contributed by atoms with Gasteiger partial charge in [0.05, 0.1) is 0 Å². The zero-order valence-electron chi connectivity index (χ0n) is 40.4. The number of hydrogen-bond acceptors (Lipinski definition) is 0. The molecule has 0 aromatic heterocycles. The van der Waals surface area contributed by atoms with E-state index in [1.54, 1.807) is 0 Å². The Morgan fingerprint density at radius 2 is 0.586 bits per heavy atom. The van der Waals surface area contributed by atoms with Gasteiger partial charge in [0.25, 0.3) is 0 Å². The Kier molecular flexibility index (Phi) is 16.4. The molecule has 0 bridgehead atoms. The number of hydrogen-bond donors (Lipinski definition) is 0. The van der Waals surface area contributed by atoms with Gasteiger partial charge in [0.2, 0.25) is 0 Å². The molecule has 4 heteroatoms. The molecular weight excluding hydrogens is 983 g/mol. The number of rotatable bonds is 8. The molecule has 0 N–H and O–H groups in total. The van der Waals surface area contributed by atoms with Crippen LogP contribution in [0.2, 0.25) is 13.1 Å². The van der Waals surface area contributed by atoms with Gasteiger partial charge in [0, 0.05) is 9.52 Å². The van der Waals surface area contributed by atoms with E-state index in [1.165, 1.54) is 120 Å². The minimum atomic E-state index is -0.826. The van der Waals surface area contributed by atoms with E-state index in [1.807, 2.05) is 0 Å². The summed E-state index contributed by atoms with van der Waals surface area (Å²) < 4.78 is 0. The first-order chi connectivity index (χ1) is 34.5. The van der Waals surface area contributed by atoms with E-state index in [2.05, 4.69) is 245 Å². The Morgan fingerprint density at radius 1 is 0.343 bits per heavy atom. The monoisotopic (exact) mass is 1040 g/mol. The van der Waals surface area contributed by atoms with Crippen LogP contribution in [0.5, 0.6) is 0 Å². The molecule has 342 valence electrons. The Balaban J connectivity index is 0.000000157. The molecule has 70 heavy (non-hydrogen) atoms. The zero-order chi connectivity index (χ0) is 48.4. The fourth-order valence-electron chi connectivity index (χ4n) is 10.4. The van der Waals surface area contributed by atoms with Gasteiger partial charge < -0.3 is 0 Å². The van der Waals surface area contributed by atoms with Crippen molar-refractivity contribution in [3.8, 4) is 44.5 Å². The Morgan fingerprint density at radius 3 is 0.886 bits per heavy atom. The molecule has 2 radical (unpaired) electrons. The maximum atomic E-state index is 4.93. The van der Waals surface area contributed by atoms with Crippen LogP contribution in [0.1, 0.15) is 37.8 Å². The molecule has 0 unspecified atom stereocenters. The topological polar surface area (TPSA) is 0 Å². The van der Waals surface area contributed by atoms with Crippen LogP contribution in [0.25, 0.3) is 109 Å². The summed E-state index contributed by atoms with van der Waals surface area (Å²) in [4.78, 5) is 0. The van der Waals surface area contributed by atoms with Crippen molar-refractivity contribution in [2.75, 3.05) is 0 Å². The molecule has 12 aromatic rings. The summed E-state index contributed by atoms with van der Waals surface area (Å²) in [6.45, 7) is 8.82. The standard InChI is InChI=1S/2C32H25.C2H6Si.2ClH.Zr/c2*1-2-9-22-20-31-29(27-16-7-12-23-10-3-5-14-25(23)27)18-19-30(32(31)21-22)28-17-8-13-24-11-4-6-15-26(24)28;1-3-2;;;/h2*3-8,10-21H,2,9H2,1H3;1-2H3;2*1H;/q2*-1;;;;+4/p-2. The van der Waals surface area contributed by atoms with Gasteiger partial charge in [0.15, 0.2) is 0 Å². The molecule has 0 saturated heterocycles. The van der Waals surface area contributed by atoms with Gasteiger partial charge >= 0.3 is 37.9 Å². The third kappa shape index (κ3) is 10.3. The maximum absolute atomic E-state index is 4.93. The molecule has 12 rings (SSSR count). The Hall–Kier alpha value is -5.86. The predicted molar refractivity (Wildman–Crippen MR) is 308 cm³/mol. The second-order valence-electron chi connectivity index (χ2n) is 17.9. The summed E-state index contributed by atoms with van der Waals surface area (Å²) in [5.74, 6) is 0. The van der Waals surface area contributed by atoms with Crippen molar-refractivity contribution in [1.29, 1.82) is 0 Å². The Labute approximate surface area is 435 Å². The van der Waals surface area contributed by atoms with Gasteiger partial charge in [-0.25, -0.2) is 0 Å². The third-order valence-corrected chi connectivity index (χ3v) is 13.3. The first kappa shape index (κ1) is 49.1. The summed E-state index contributed by atoms with van der Waals surface area (Å²) in [6.07, 6.45) is 4.53. The average molecular weight is 1040 g/mol. The second-order valence-corrected chi connectivity index (χ2v) is 22.6. The van der Waals surface area contributed by atoms with Crippen molar-refractivity contribution < 1.29 is 20.8 Å². The molecule has 0 atom stereocenters. The average Bonchev–Trinajstić information content (AvgIpc) is 4.03. The van der Waals surface area contributed by atoms with Gasteiger partial charge in [-0.15, -0.1) is 44.8 Å². The van der Waals surface area contributed by atoms with Crippen LogP contribution in [0.4, 0.5) is 0 Å². The molecule has 0 aliphatic heterocycles. The van der Waals surface area contributed by atoms with Crippen LogP contribution in [-0.4, -0.2) is 9.52 Å². The fraction of sp³-hybridized carbons (Fsp3) is 0.121. The fourth-order valence-corrected chi connectivity index (χ4v) is 10.4. The van der Waals surface area contributed by atoms with Crippen LogP contribution in [0.3, 0.4) is 0 Å². The molecule has 0 saturated carbocycles. The summed E-state index contributed by atoms with van der Waals surface area (Å²) >= 11 is -0.826. The third-order valence-electron chi connectivity index (χ3n) is 13.3. The second kappa shape index (κ2) is 23.4. The van der Waals surface area contributed by atoms with Crippen molar-refractivity contribution in [3.63, 3.8) is 0 Å². The van der Waals surface area contributed by atoms with Gasteiger partial charge in [0.1, 0.15) is 0 Å². The molecule has 0 spiro atoms. The summed E-state index contributed by atoms with van der Waals surface area (Å²) in [5.41, 5.74) is 13.4. The first-order valence-electron chi connectivity index (χ1n) is 24.4. The van der Waals surface area contributed by atoms with Crippen LogP contribution in [-0.2, 0) is 33.7 Å². The van der Waals surface area contributed by atoms with E-state index < -0.39 is 20.8 Å². The molecule has 0 heterocycles. The predicted octanol–water partition coefficient (Wildman–Crippen LogP) is 20.5. The molecular formula is C66H56Cl2SiZr. The summed E-state index contributed by atoms with van der Waals surface area (Å²) in [5, 5.41) is 15.8. The SMILES string of the molecule is CCCc1cc2c(-c3cccc4ccccc34)ccc(-c3cccc4ccccc34)c2[cH-]1.CCCc1cc2c(-c3cccc4ccccc34)ccc(-c3cccc4ccccc34)c2[cH-]1.C[Si]C.[Cl][Zr+2][Cl]. The molecule has 12 aromatic carbocycles. The van der Waals surface area contributed by atoms with Crippen molar-refractivity contribution in [2.45, 2.75) is 52.6 Å². The quantitative estimate of drug-likeness (QED) is 0.105. The van der Waals surface area contributed by atoms with E-state index in [0.29, 0.717) is 0 Å². The van der Waals surface area contributed by atoms with Crippen molar-refractivity contribution in [1.82, 2.24) is 0 Å². The molecule has 0 aliphatic carbocycles. The van der Waals surface area contributed by atoms with Crippen LogP contribution < -0.4 is 0 Å². The van der Waals surface area contributed by atoms with Gasteiger partial charge in [-0.1, -0.05) is 267 Å². The minimum absolute atomic E-state index is 0.826. The van der Waals surface area contributed by atoms with Crippen molar-refractivity contribution >= 4 is 91.2 Å². The summed E-state index contributed by atoms with van der Waals surface area (Å²) in [6, 6.07) is 80.4. The van der Waals surface area contributed by atoms with Crippen LogP contribution >= 0.6 is 17.0 Å². The zero-order valence-corrected chi connectivity index (χ0v) is 45.3. The van der Waals surface area contributed by atoms with Crippen molar-refractivity contribution in [3.05, 3.63) is 230 Å². The Bertz CT molecular complexity index is 3210. The van der Waals surface area contributed by atoms with Crippen LogP contribution in [0.15, 0.2) is 218 Å². The van der Waals surface area contributed by atoms with Crippen LogP contribution in [0, 0.1) is 0 Å². The first-order valence-corrected chi connectivity index (χ1v) is 32.7. The molecule has 0 nitrogen and oxygen atoms in total. The number of benzene rings is 10.